The highest BCUT2D eigenvalue weighted by Gasteiger charge is 2.17. The summed E-state index contributed by atoms with van der Waals surface area (Å²) in [5.74, 6) is -0.552. The van der Waals surface area contributed by atoms with E-state index in [0.717, 1.165) is 6.07 Å². The summed E-state index contributed by atoms with van der Waals surface area (Å²) in [6.45, 7) is 0.773. The van der Waals surface area contributed by atoms with Crippen molar-refractivity contribution >= 4 is 31.6 Å². The van der Waals surface area contributed by atoms with Crippen molar-refractivity contribution in [2.75, 3.05) is 11.3 Å². The second kappa shape index (κ2) is 5.90. The molecule has 0 aliphatic rings. The van der Waals surface area contributed by atoms with E-state index in [2.05, 4.69) is 25.8 Å². The van der Waals surface area contributed by atoms with E-state index in [-0.39, 0.29) is 15.1 Å². The third-order valence-corrected chi connectivity index (χ3v) is 4.43. The molecule has 20 heavy (non-hydrogen) atoms. The SMILES string of the molecule is NCCn1cc(S(=O)(=O)Nc2ccc(Br)c(F)c2)cn1. The Labute approximate surface area is 124 Å². The molecule has 0 aliphatic heterocycles. The first-order valence-electron chi connectivity index (χ1n) is 5.63. The highest BCUT2D eigenvalue weighted by Crippen LogP contribution is 2.21. The zero-order valence-electron chi connectivity index (χ0n) is 10.3. The monoisotopic (exact) mass is 362 g/mol. The lowest BCUT2D eigenvalue weighted by Crippen LogP contribution is -2.13. The Hall–Kier alpha value is -1.45. The molecule has 0 spiro atoms. The van der Waals surface area contributed by atoms with Crippen LogP contribution in [0.2, 0.25) is 0 Å². The lowest BCUT2D eigenvalue weighted by atomic mass is 10.3. The van der Waals surface area contributed by atoms with Crippen LogP contribution < -0.4 is 10.5 Å². The zero-order valence-corrected chi connectivity index (χ0v) is 12.7. The highest BCUT2D eigenvalue weighted by molar-refractivity contribution is 9.10. The van der Waals surface area contributed by atoms with Crippen LogP contribution in [-0.4, -0.2) is 24.7 Å². The van der Waals surface area contributed by atoms with Crippen molar-refractivity contribution in [3.63, 3.8) is 0 Å². The van der Waals surface area contributed by atoms with Crippen molar-refractivity contribution < 1.29 is 12.8 Å². The molecule has 0 saturated carbocycles. The van der Waals surface area contributed by atoms with E-state index in [1.165, 1.54) is 29.2 Å². The number of hydrogen-bond acceptors (Lipinski definition) is 4. The van der Waals surface area contributed by atoms with E-state index in [9.17, 15) is 12.8 Å². The third-order valence-electron chi connectivity index (χ3n) is 2.45. The number of aromatic nitrogens is 2. The number of halogens is 2. The van der Waals surface area contributed by atoms with E-state index in [1.54, 1.807) is 0 Å². The Balaban J connectivity index is 2.23. The van der Waals surface area contributed by atoms with Gasteiger partial charge in [-0.2, -0.15) is 5.10 Å². The van der Waals surface area contributed by atoms with Gasteiger partial charge in [-0.1, -0.05) is 0 Å². The number of anilines is 1. The molecule has 3 N–H and O–H groups in total. The summed E-state index contributed by atoms with van der Waals surface area (Å²) < 4.78 is 41.5. The quantitative estimate of drug-likeness (QED) is 0.843. The average Bonchev–Trinajstić information content (AvgIpc) is 2.83. The lowest BCUT2D eigenvalue weighted by molar-refractivity contribution is 0.599. The van der Waals surface area contributed by atoms with Crippen LogP contribution in [-0.2, 0) is 16.6 Å². The molecule has 0 bridgehead atoms. The van der Waals surface area contributed by atoms with Crippen LogP contribution in [0, 0.1) is 5.82 Å². The fourth-order valence-corrected chi connectivity index (χ4v) is 2.76. The Morgan fingerprint density at radius 1 is 1.45 bits per heavy atom. The van der Waals surface area contributed by atoms with Gasteiger partial charge < -0.3 is 5.73 Å². The first-order chi connectivity index (χ1) is 9.42. The number of nitrogens with zero attached hydrogens (tertiary/aromatic N) is 2. The van der Waals surface area contributed by atoms with Gasteiger partial charge in [-0.15, -0.1) is 0 Å². The first-order valence-corrected chi connectivity index (χ1v) is 7.90. The lowest BCUT2D eigenvalue weighted by Gasteiger charge is -2.06. The van der Waals surface area contributed by atoms with Crippen molar-refractivity contribution in [1.29, 1.82) is 0 Å². The molecule has 108 valence electrons. The molecule has 1 aromatic carbocycles. The van der Waals surface area contributed by atoms with Gasteiger partial charge in [-0.25, -0.2) is 12.8 Å². The summed E-state index contributed by atoms with van der Waals surface area (Å²) in [7, 11) is -3.80. The van der Waals surface area contributed by atoms with Crippen LogP contribution in [0.5, 0.6) is 0 Å². The normalized spacial score (nSPS) is 11.6. The van der Waals surface area contributed by atoms with Gasteiger partial charge in [0.05, 0.1) is 22.9 Å². The molecule has 6 nitrogen and oxygen atoms in total. The number of nitrogens with two attached hydrogens (primary N) is 1. The van der Waals surface area contributed by atoms with Gasteiger partial charge in [-0.3, -0.25) is 9.40 Å². The molecule has 0 atom stereocenters. The van der Waals surface area contributed by atoms with Gasteiger partial charge in [-0.05, 0) is 34.1 Å². The van der Waals surface area contributed by atoms with Crippen LogP contribution in [0.3, 0.4) is 0 Å². The van der Waals surface area contributed by atoms with Crippen LogP contribution in [0.1, 0.15) is 0 Å². The predicted octanol–water partition coefficient (Wildman–Crippen LogP) is 1.54. The van der Waals surface area contributed by atoms with Gasteiger partial charge in [0.25, 0.3) is 10.0 Å². The van der Waals surface area contributed by atoms with Gasteiger partial charge in [0.15, 0.2) is 0 Å². The van der Waals surface area contributed by atoms with Crippen molar-refractivity contribution in [3.05, 3.63) is 40.9 Å². The van der Waals surface area contributed by atoms with Crippen molar-refractivity contribution in [2.24, 2.45) is 5.73 Å². The van der Waals surface area contributed by atoms with E-state index < -0.39 is 15.8 Å². The summed E-state index contributed by atoms with van der Waals surface area (Å²) in [6.07, 6.45) is 2.58. The van der Waals surface area contributed by atoms with Gasteiger partial charge in [0, 0.05) is 12.7 Å². The molecule has 0 unspecified atom stereocenters. The Bertz CT molecular complexity index is 717. The summed E-state index contributed by atoms with van der Waals surface area (Å²) in [4.78, 5) is -0.00530. The molecule has 1 heterocycles. The number of benzene rings is 1. The van der Waals surface area contributed by atoms with Gasteiger partial charge >= 0.3 is 0 Å². The minimum atomic E-state index is -3.80. The topological polar surface area (TPSA) is 90.0 Å². The summed E-state index contributed by atoms with van der Waals surface area (Å²) in [5.41, 5.74) is 5.50. The molecule has 0 aliphatic carbocycles. The fourth-order valence-electron chi connectivity index (χ4n) is 1.51. The second-order valence-corrected chi connectivity index (χ2v) is 6.50. The summed E-state index contributed by atoms with van der Waals surface area (Å²) >= 11 is 3.00. The van der Waals surface area contributed by atoms with Gasteiger partial charge in [0.1, 0.15) is 10.7 Å². The molecule has 0 saturated heterocycles. The molecule has 9 heteroatoms. The Morgan fingerprint density at radius 2 is 2.20 bits per heavy atom. The van der Waals surface area contributed by atoms with Crippen molar-refractivity contribution in [3.8, 4) is 0 Å². The summed E-state index contributed by atoms with van der Waals surface area (Å²) in [5, 5.41) is 3.88. The first kappa shape index (κ1) is 14.9. The highest BCUT2D eigenvalue weighted by atomic mass is 79.9. The number of sulfonamides is 1. The maximum absolute atomic E-state index is 13.3. The second-order valence-electron chi connectivity index (χ2n) is 3.96. The number of hydrogen-bond donors (Lipinski definition) is 2. The fraction of sp³-hybridized carbons (Fsp3) is 0.182. The third kappa shape index (κ3) is 3.35. The van der Waals surface area contributed by atoms with Gasteiger partial charge in [0.2, 0.25) is 0 Å². The smallest absolute Gasteiger partial charge is 0.265 e. The maximum atomic E-state index is 13.3. The Kier molecular flexibility index (Phi) is 4.41. The van der Waals surface area contributed by atoms with Crippen LogP contribution in [0.15, 0.2) is 40.0 Å². The largest absolute Gasteiger partial charge is 0.329 e. The number of nitrogens with one attached hydrogen (secondary N) is 1. The minimum Gasteiger partial charge on any atom is -0.329 e. The standard InChI is InChI=1S/C11H12BrFN4O2S/c12-10-2-1-8(5-11(10)13)16-20(18,19)9-6-15-17(7-9)4-3-14/h1-2,5-7,16H,3-4,14H2. The predicted molar refractivity (Wildman–Crippen MR) is 76.2 cm³/mol. The molecule has 2 aromatic rings. The average molecular weight is 363 g/mol. The summed E-state index contributed by atoms with van der Waals surface area (Å²) in [6, 6.07) is 3.96. The van der Waals surface area contributed by atoms with Crippen LogP contribution in [0.4, 0.5) is 10.1 Å². The number of rotatable bonds is 5. The maximum Gasteiger partial charge on any atom is 0.265 e. The van der Waals surface area contributed by atoms with E-state index in [0.29, 0.717) is 13.1 Å². The molecule has 0 radical (unpaired) electrons. The van der Waals surface area contributed by atoms with Crippen LogP contribution in [0.25, 0.3) is 0 Å². The molecule has 1 aromatic heterocycles. The minimum absolute atomic E-state index is 0.00530. The van der Waals surface area contributed by atoms with Crippen molar-refractivity contribution in [1.82, 2.24) is 9.78 Å². The van der Waals surface area contributed by atoms with Crippen molar-refractivity contribution in [2.45, 2.75) is 11.4 Å². The molecular formula is C11H12BrFN4O2S. The molecule has 2 rings (SSSR count). The zero-order chi connectivity index (χ0) is 14.8. The van der Waals surface area contributed by atoms with E-state index >= 15 is 0 Å². The molecule has 0 fully saturated rings. The molecular weight excluding hydrogens is 351 g/mol. The molecule has 0 amide bonds. The van der Waals surface area contributed by atoms with E-state index in [1.807, 2.05) is 0 Å². The van der Waals surface area contributed by atoms with E-state index in [4.69, 9.17) is 5.73 Å². The van der Waals surface area contributed by atoms with Crippen LogP contribution >= 0.6 is 15.9 Å². The Morgan fingerprint density at radius 3 is 2.85 bits per heavy atom.